The number of carboxylic acids is 1. The molecule has 2 atom stereocenters. The highest BCUT2D eigenvalue weighted by atomic mass is 32.1. The van der Waals surface area contributed by atoms with Crippen LogP contribution in [0.1, 0.15) is 17.9 Å². The molecule has 1 amide bonds. The molecule has 0 spiro atoms. The molecule has 1 heterocycles. The summed E-state index contributed by atoms with van der Waals surface area (Å²) in [5, 5.41) is 30.1. The number of hydrogen-bond acceptors (Lipinski definition) is 7. The maximum absolute atomic E-state index is 12.9. The first kappa shape index (κ1) is 28.7. The molecule has 0 saturated carbocycles. The van der Waals surface area contributed by atoms with Crippen LogP contribution >= 0.6 is 12.2 Å². The van der Waals surface area contributed by atoms with Crippen LogP contribution in [0, 0.1) is 4.77 Å². The van der Waals surface area contributed by atoms with Gasteiger partial charge >= 0.3 is 5.97 Å². The van der Waals surface area contributed by atoms with E-state index in [2.05, 4.69) is 15.5 Å². The van der Waals surface area contributed by atoms with E-state index in [0.717, 1.165) is 16.9 Å². The Kier molecular flexibility index (Phi) is 9.43. The minimum atomic E-state index is -1.11. The topological polar surface area (TPSA) is 133 Å². The van der Waals surface area contributed by atoms with Crippen LogP contribution in [0.25, 0.3) is 17.1 Å². The van der Waals surface area contributed by atoms with Crippen LogP contribution in [-0.2, 0) is 14.3 Å². The van der Waals surface area contributed by atoms with E-state index in [0.29, 0.717) is 21.8 Å². The highest BCUT2D eigenvalue weighted by molar-refractivity contribution is 7.71. The fraction of sp³-hybridized carbons (Fsp3) is 0.241. The van der Waals surface area contributed by atoms with Crippen molar-refractivity contribution in [1.29, 1.82) is 0 Å². The van der Waals surface area contributed by atoms with E-state index in [-0.39, 0.29) is 25.5 Å². The molecule has 0 fully saturated rings. The van der Waals surface area contributed by atoms with Crippen molar-refractivity contribution in [2.24, 2.45) is 0 Å². The number of H-pyrrole nitrogens is 1. The Morgan fingerprint density at radius 3 is 2.50 bits per heavy atom. The lowest BCUT2D eigenvalue weighted by molar-refractivity contribution is -0.141. The minimum Gasteiger partial charge on any atom is -0.481 e. The molecule has 4 aromatic rings. The Balaban J connectivity index is 1.44. The third kappa shape index (κ3) is 6.81. The number of carbonyl (C=O) groups excluding carboxylic acids is 1. The molecule has 208 valence electrons. The Morgan fingerprint density at radius 1 is 1.10 bits per heavy atom. The van der Waals surface area contributed by atoms with Crippen LogP contribution in [0.3, 0.4) is 0 Å². The highest BCUT2D eigenvalue weighted by Gasteiger charge is 2.28. The summed E-state index contributed by atoms with van der Waals surface area (Å²) in [5.74, 6) is -1.76. The lowest BCUT2D eigenvalue weighted by Gasteiger charge is -2.22. The Hall–Kier alpha value is -4.32. The van der Waals surface area contributed by atoms with Gasteiger partial charge in [0.25, 0.3) is 0 Å². The first-order chi connectivity index (χ1) is 19.3. The van der Waals surface area contributed by atoms with Gasteiger partial charge in [0, 0.05) is 37.7 Å². The molecule has 0 aliphatic carbocycles. The molecule has 2 unspecified atom stereocenters. The first-order valence-electron chi connectivity index (χ1n) is 12.6. The van der Waals surface area contributed by atoms with Gasteiger partial charge in [-0.1, -0.05) is 48.5 Å². The highest BCUT2D eigenvalue weighted by Crippen LogP contribution is 2.26. The molecule has 3 aromatic carbocycles. The molecule has 0 saturated heterocycles. The van der Waals surface area contributed by atoms with Gasteiger partial charge in [0.1, 0.15) is 5.92 Å². The summed E-state index contributed by atoms with van der Waals surface area (Å²) in [4.78, 5) is 26.4. The fourth-order valence-electron chi connectivity index (χ4n) is 4.42. The van der Waals surface area contributed by atoms with Gasteiger partial charge in [-0.05, 0) is 54.5 Å². The summed E-state index contributed by atoms with van der Waals surface area (Å²) in [6.07, 6.45) is -0.875. The number of nitrogens with zero attached hydrogens (tertiary/aromatic N) is 3. The van der Waals surface area contributed by atoms with Crippen molar-refractivity contribution in [2.75, 3.05) is 37.5 Å². The number of aromatic amines is 1. The molecule has 10 nitrogen and oxygen atoms in total. The van der Waals surface area contributed by atoms with Crippen LogP contribution in [0.5, 0.6) is 0 Å². The van der Waals surface area contributed by atoms with Gasteiger partial charge in [0.05, 0.1) is 18.3 Å². The van der Waals surface area contributed by atoms with E-state index < -0.39 is 18.0 Å². The SMILES string of the molecule is COCCC(O)C(C(=O)O)c1ccc(N(C)CC(=O)Nc2cccc(-n3c(-c4ccccc4)n[nH]c3=S)c2)cc1. The number of aromatic nitrogens is 3. The molecular formula is C29H31N5O5S. The molecule has 0 bridgehead atoms. The number of likely N-dealkylation sites (N-methyl/N-ethyl adjacent to an activating group) is 1. The number of benzene rings is 3. The smallest absolute Gasteiger partial charge is 0.313 e. The van der Waals surface area contributed by atoms with Crippen LogP contribution < -0.4 is 10.2 Å². The third-order valence-corrected chi connectivity index (χ3v) is 6.71. The number of rotatable bonds is 12. The zero-order valence-electron chi connectivity index (χ0n) is 22.2. The third-order valence-electron chi connectivity index (χ3n) is 6.43. The lowest BCUT2D eigenvalue weighted by atomic mass is 9.91. The number of ether oxygens (including phenoxy) is 1. The van der Waals surface area contributed by atoms with Gasteiger partial charge in [-0.15, -0.1) is 0 Å². The lowest BCUT2D eigenvalue weighted by Crippen LogP contribution is -2.30. The number of aliphatic hydroxyl groups excluding tert-OH is 1. The number of aliphatic carboxylic acids is 1. The first-order valence-corrected chi connectivity index (χ1v) is 13.0. The van der Waals surface area contributed by atoms with Crippen LogP contribution in [-0.4, -0.2) is 70.3 Å². The van der Waals surface area contributed by atoms with Crippen molar-refractivity contribution >= 4 is 35.5 Å². The fourth-order valence-corrected chi connectivity index (χ4v) is 4.66. The molecule has 4 N–H and O–H groups in total. The molecular weight excluding hydrogens is 530 g/mol. The van der Waals surface area contributed by atoms with Crippen molar-refractivity contribution in [3.8, 4) is 17.1 Å². The number of anilines is 2. The normalized spacial score (nSPS) is 12.5. The van der Waals surface area contributed by atoms with Crippen molar-refractivity contribution in [3.63, 3.8) is 0 Å². The van der Waals surface area contributed by atoms with Gasteiger partial charge in [0.2, 0.25) is 5.91 Å². The number of hydrogen-bond donors (Lipinski definition) is 4. The second kappa shape index (κ2) is 13.2. The zero-order chi connectivity index (χ0) is 28.6. The second-order valence-electron chi connectivity index (χ2n) is 9.26. The predicted molar refractivity (Wildman–Crippen MR) is 155 cm³/mol. The van der Waals surface area contributed by atoms with Gasteiger partial charge in [0.15, 0.2) is 10.6 Å². The van der Waals surface area contributed by atoms with E-state index in [1.807, 2.05) is 53.1 Å². The Labute approximate surface area is 236 Å². The summed E-state index contributed by atoms with van der Waals surface area (Å²) < 4.78 is 7.20. The van der Waals surface area contributed by atoms with E-state index in [1.54, 1.807) is 42.3 Å². The summed E-state index contributed by atoms with van der Waals surface area (Å²) in [7, 11) is 3.26. The molecule has 0 aliphatic heterocycles. The molecule has 4 rings (SSSR count). The maximum atomic E-state index is 12.9. The van der Waals surface area contributed by atoms with Crippen molar-refractivity contribution in [2.45, 2.75) is 18.4 Å². The van der Waals surface area contributed by atoms with Gasteiger partial charge in [-0.2, -0.15) is 5.10 Å². The summed E-state index contributed by atoms with van der Waals surface area (Å²) in [6.45, 7) is 0.315. The Morgan fingerprint density at radius 2 is 1.82 bits per heavy atom. The number of nitrogens with one attached hydrogen (secondary N) is 2. The van der Waals surface area contributed by atoms with Gasteiger partial charge < -0.3 is 25.2 Å². The quantitative estimate of drug-likeness (QED) is 0.189. The number of methoxy groups -OCH3 is 1. The van der Waals surface area contributed by atoms with E-state index in [4.69, 9.17) is 17.0 Å². The van der Waals surface area contributed by atoms with E-state index in [1.165, 1.54) is 7.11 Å². The molecule has 40 heavy (non-hydrogen) atoms. The number of aliphatic hydroxyl groups is 1. The molecule has 0 radical (unpaired) electrons. The predicted octanol–water partition coefficient (Wildman–Crippen LogP) is 4.24. The monoisotopic (exact) mass is 561 g/mol. The largest absolute Gasteiger partial charge is 0.481 e. The van der Waals surface area contributed by atoms with Crippen molar-refractivity contribution < 1.29 is 24.5 Å². The summed E-state index contributed by atoms with van der Waals surface area (Å²) >= 11 is 5.47. The van der Waals surface area contributed by atoms with Crippen LogP contribution in [0.4, 0.5) is 11.4 Å². The second-order valence-corrected chi connectivity index (χ2v) is 9.65. The van der Waals surface area contributed by atoms with Gasteiger partial charge in [-0.25, -0.2) is 0 Å². The van der Waals surface area contributed by atoms with Crippen molar-refractivity contribution in [3.05, 3.63) is 89.2 Å². The van der Waals surface area contributed by atoms with Gasteiger partial charge in [-0.3, -0.25) is 19.3 Å². The number of amides is 1. The number of carbonyl (C=O) groups is 2. The maximum Gasteiger partial charge on any atom is 0.313 e. The minimum absolute atomic E-state index is 0.0583. The summed E-state index contributed by atoms with van der Waals surface area (Å²) in [5.41, 5.74) is 3.45. The zero-order valence-corrected chi connectivity index (χ0v) is 23.0. The molecule has 1 aromatic heterocycles. The van der Waals surface area contributed by atoms with Crippen molar-refractivity contribution in [1.82, 2.24) is 14.8 Å². The average molecular weight is 562 g/mol. The van der Waals surface area contributed by atoms with Crippen LogP contribution in [0.15, 0.2) is 78.9 Å². The average Bonchev–Trinajstić information content (AvgIpc) is 3.34. The number of carboxylic acid groups (broad SMARTS) is 1. The molecule has 11 heteroatoms. The summed E-state index contributed by atoms with van der Waals surface area (Å²) in [6, 6.07) is 23.8. The standard InChI is InChI=1S/C29H31N5O5S/c1-33(22-13-11-19(12-14-22)26(28(37)38)24(35)15-16-39-2)18-25(36)30-21-9-6-10-23(17-21)34-27(31-32-29(34)40)20-7-4-3-5-8-20/h3-14,17,24,26,35H,15-16,18H2,1-2H3,(H,30,36)(H,32,40)(H,37,38). The van der Waals surface area contributed by atoms with E-state index >= 15 is 0 Å². The van der Waals surface area contributed by atoms with Crippen LogP contribution in [0.2, 0.25) is 0 Å². The van der Waals surface area contributed by atoms with E-state index in [9.17, 15) is 19.8 Å². The Bertz CT molecular complexity index is 1500. The molecule has 0 aliphatic rings.